The average Bonchev–Trinajstić information content (AvgIpc) is 2.03. The molecule has 13 heavy (non-hydrogen) atoms. The van der Waals surface area contributed by atoms with E-state index in [0.29, 0.717) is 6.42 Å². The van der Waals surface area contributed by atoms with Crippen LogP contribution in [0.5, 0.6) is 0 Å². The number of hydrogen-bond acceptors (Lipinski definition) is 2. The van der Waals surface area contributed by atoms with Gasteiger partial charge in [0.2, 0.25) is 5.91 Å². The van der Waals surface area contributed by atoms with Gasteiger partial charge in [0.15, 0.2) is 0 Å². The summed E-state index contributed by atoms with van der Waals surface area (Å²) in [7, 11) is 0. The van der Waals surface area contributed by atoms with Gasteiger partial charge in [-0.15, -0.1) is 11.6 Å². The third kappa shape index (κ3) is 2.06. The van der Waals surface area contributed by atoms with Crippen LogP contribution in [0.2, 0.25) is 0 Å². The summed E-state index contributed by atoms with van der Waals surface area (Å²) in [6.07, 6.45) is 0.470. The molecule has 72 valence electrons. The van der Waals surface area contributed by atoms with Crippen LogP contribution in [0.1, 0.15) is 20.3 Å². The lowest BCUT2D eigenvalue weighted by molar-refractivity contribution is -0.133. The van der Waals surface area contributed by atoms with E-state index in [1.807, 2.05) is 0 Å². The number of halogens is 1. The highest BCUT2D eigenvalue weighted by molar-refractivity contribution is 6.34. The fraction of sp³-hybridized carbons (Fsp3) is 0.625. The van der Waals surface area contributed by atoms with E-state index in [1.54, 1.807) is 13.8 Å². The highest BCUT2D eigenvalue weighted by Gasteiger charge is 2.31. The van der Waals surface area contributed by atoms with Gasteiger partial charge in [0.25, 0.3) is 5.91 Å². The van der Waals surface area contributed by atoms with E-state index in [9.17, 15) is 9.59 Å². The Morgan fingerprint density at radius 2 is 2.23 bits per heavy atom. The Hall–Kier alpha value is -0.900. The maximum atomic E-state index is 11.3. The van der Waals surface area contributed by atoms with E-state index in [0.717, 1.165) is 0 Å². The van der Waals surface area contributed by atoms with Crippen molar-refractivity contribution in [2.45, 2.75) is 25.6 Å². The first-order chi connectivity index (χ1) is 6.06. The first kappa shape index (κ1) is 10.2. The third-order valence-electron chi connectivity index (χ3n) is 1.88. The zero-order chi connectivity index (χ0) is 10.0. The average molecular weight is 203 g/mol. The van der Waals surface area contributed by atoms with Crippen LogP contribution in [0.25, 0.3) is 0 Å². The van der Waals surface area contributed by atoms with Crippen molar-refractivity contribution < 1.29 is 9.59 Å². The molecule has 0 aromatic rings. The van der Waals surface area contributed by atoms with E-state index in [2.05, 4.69) is 10.3 Å². The maximum absolute atomic E-state index is 11.3. The molecular weight excluding hydrogens is 192 g/mol. The second kappa shape index (κ2) is 3.87. The summed E-state index contributed by atoms with van der Waals surface area (Å²) in [4.78, 5) is 26.2. The highest BCUT2D eigenvalue weighted by atomic mass is 35.5. The number of rotatable bonds is 2. The summed E-state index contributed by atoms with van der Waals surface area (Å²) in [5.41, 5.74) is 0. The van der Waals surface area contributed by atoms with Gasteiger partial charge >= 0.3 is 0 Å². The predicted octanol–water partition coefficient (Wildman–Crippen LogP) is 0.695. The minimum absolute atomic E-state index is 0.251. The Morgan fingerprint density at radius 3 is 2.62 bits per heavy atom. The zero-order valence-corrected chi connectivity index (χ0v) is 8.26. The number of nitrogens with one attached hydrogen (secondary N) is 1. The van der Waals surface area contributed by atoms with Crippen LogP contribution in [0, 0.1) is 5.92 Å². The molecule has 0 fully saturated rings. The van der Waals surface area contributed by atoms with Gasteiger partial charge in [-0.2, -0.15) is 4.99 Å². The predicted molar refractivity (Wildman–Crippen MR) is 49.7 cm³/mol. The SMILES string of the molecule is CCC1C(=O)N=C(C(C)Cl)NC1=O. The lowest BCUT2D eigenvalue weighted by Crippen LogP contribution is -2.46. The minimum atomic E-state index is -0.640. The number of carbonyl (C=O) groups excluding carboxylic acids is 2. The van der Waals surface area contributed by atoms with E-state index in [1.165, 1.54) is 0 Å². The first-order valence-electron chi connectivity index (χ1n) is 4.13. The van der Waals surface area contributed by atoms with Gasteiger partial charge in [-0.1, -0.05) is 6.92 Å². The monoisotopic (exact) mass is 202 g/mol. The minimum Gasteiger partial charge on any atom is -0.312 e. The largest absolute Gasteiger partial charge is 0.312 e. The Kier molecular flexibility index (Phi) is 3.03. The second-order valence-electron chi connectivity index (χ2n) is 2.90. The Balaban J connectivity index is 2.88. The number of aliphatic imine (C=N–C) groups is 1. The number of hydrogen-bond donors (Lipinski definition) is 1. The molecule has 0 radical (unpaired) electrons. The van der Waals surface area contributed by atoms with Crippen molar-refractivity contribution in [2.75, 3.05) is 0 Å². The molecule has 0 aromatic carbocycles. The zero-order valence-electron chi connectivity index (χ0n) is 7.50. The van der Waals surface area contributed by atoms with Crippen LogP contribution in [-0.4, -0.2) is 23.0 Å². The van der Waals surface area contributed by atoms with Crippen molar-refractivity contribution in [1.29, 1.82) is 0 Å². The molecule has 1 aliphatic rings. The second-order valence-corrected chi connectivity index (χ2v) is 3.56. The maximum Gasteiger partial charge on any atom is 0.259 e. The van der Waals surface area contributed by atoms with Crippen molar-refractivity contribution in [3.8, 4) is 0 Å². The molecule has 0 saturated carbocycles. The summed E-state index contributed by atoms with van der Waals surface area (Å²) < 4.78 is 0. The van der Waals surface area contributed by atoms with Crippen molar-refractivity contribution in [2.24, 2.45) is 10.9 Å². The van der Waals surface area contributed by atoms with Crippen LogP contribution in [0.3, 0.4) is 0 Å². The quantitative estimate of drug-likeness (QED) is 0.529. The van der Waals surface area contributed by atoms with Gasteiger partial charge in [-0.3, -0.25) is 9.59 Å². The topological polar surface area (TPSA) is 58.5 Å². The first-order valence-corrected chi connectivity index (χ1v) is 4.57. The van der Waals surface area contributed by atoms with Gasteiger partial charge in [-0.05, 0) is 13.3 Å². The molecule has 0 aromatic heterocycles. The fourth-order valence-electron chi connectivity index (χ4n) is 1.10. The lowest BCUT2D eigenvalue weighted by Gasteiger charge is -2.19. The molecule has 1 aliphatic heterocycles. The van der Waals surface area contributed by atoms with E-state index in [-0.39, 0.29) is 11.7 Å². The Labute approximate surface area is 81.4 Å². The number of alkyl halides is 1. The van der Waals surface area contributed by atoms with Crippen LogP contribution in [0.4, 0.5) is 0 Å². The number of nitrogens with zero attached hydrogens (tertiary/aromatic N) is 1. The van der Waals surface area contributed by atoms with Crippen LogP contribution < -0.4 is 5.32 Å². The molecule has 1 N–H and O–H groups in total. The molecule has 2 atom stereocenters. The van der Waals surface area contributed by atoms with Crippen molar-refractivity contribution in [3.63, 3.8) is 0 Å². The van der Waals surface area contributed by atoms with Crippen LogP contribution in [-0.2, 0) is 9.59 Å². The summed E-state index contributed by atoms with van der Waals surface area (Å²) in [5, 5.41) is 2.07. The van der Waals surface area contributed by atoms with Crippen LogP contribution >= 0.6 is 11.6 Å². The van der Waals surface area contributed by atoms with Gasteiger partial charge < -0.3 is 5.32 Å². The fourth-order valence-corrected chi connectivity index (χ4v) is 1.20. The van der Waals surface area contributed by atoms with E-state index >= 15 is 0 Å². The van der Waals surface area contributed by atoms with Crippen molar-refractivity contribution in [3.05, 3.63) is 0 Å². The highest BCUT2D eigenvalue weighted by Crippen LogP contribution is 2.11. The molecule has 4 nitrogen and oxygen atoms in total. The normalized spacial score (nSPS) is 25.2. The molecule has 0 bridgehead atoms. The summed E-state index contributed by atoms with van der Waals surface area (Å²) >= 11 is 5.68. The summed E-state index contributed by atoms with van der Waals surface area (Å²) in [5.74, 6) is -1.08. The standard InChI is InChI=1S/C8H11ClN2O2/c1-3-5-7(12)10-6(4(2)9)11-8(5)13/h4-5H,3H2,1-2H3,(H,10,11,12,13). The smallest absolute Gasteiger partial charge is 0.259 e. The summed E-state index contributed by atoms with van der Waals surface area (Å²) in [6.45, 7) is 3.42. The third-order valence-corrected chi connectivity index (χ3v) is 2.09. The van der Waals surface area contributed by atoms with Gasteiger partial charge in [0, 0.05) is 0 Å². The Bertz CT molecular complexity index is 273. The van der Waals surface area contributed by atoms with Gasteiger partial charge in [0.05, 0.1) is 5.38 Å². The summed E-state index contributed by atoms with van der Waals surface area (Å²) in [6, 6.07) is 0. The molecule has 1 rings (SSSR count). The number of carbonyl (C=O) groups is 2. The molecule has 2 amide bonds. The van der Waals surface area contributed by atoms with Gasteiger partial charge in [-0.25, -0.2) is 0 Å². The molecule has 2 unspecified atom stereocenters. The van der Waals surface area contributed by atoms with Crippen LogP contribution in [0.15, 0.2) is 4.99 Å². The van der Waals surface area contributed by atoms with Crippen molar-refractivity contribution >= 4 is 29.3 Å². The molecule has 0 spiro atoms. The molecule has 5 heteroatoms. The lowest BCUT2D eigenvalue weighted by atomic mass is 10.0. The Morgan fingerprint density at radius 1 is 1.62 bits per heavy atom. The van der Waals surface area contributed by atoms with E-state index < -0.39 is 17.2 Å². The molecule has 0 aliphatic carbocycles. The van der Waals surface area contributed by atoms with Gasteiger partial charge in [0.1, 0.15) is 11.8 Å². The van der Waals surface area contributed by atoms with Crippen molar-refractivity contribution in [1.82, 2.24) is 5.32 Å². The molecule has 0 saturated heterocycles. The molecular formula is C8H11ClN2O2. The molecule has 1 heterocycles. The van der Waals surface area contributed by atoms with E-state index in [4.69, 9.17) is 11.6 Å². The number of amides is 2. The number of amidine groups is 1.